The Hall–Kier alpha value is -1.69. The van der Waals surface area contributed by atoms with E-state index in [1.807, 2.05) is 6.92 Å². The second-order valence-corrected chi connectivity index (χ2v) is 8.81. The van der Waals surface area contributed by atoms with Gasteiger partial charge in [-0.05, 0) is 55.6 Å². The fourth-order valence-electron chi connectivity index (χ4n) is 4.16. The van der Waals surface area contributed by atoms with Crippen LogP contribution < -0.4 is 0 Å². The minimum atomic E-state index is -7.85. The molecule has 0 aromatic heterocycles. The van der Waals surface area contributed by atoms with Crippen molar-refractivity contribution in [3.8, 4) is 0 Å². The van der Waals surface area contributed by atoms with Gasteiger partial charge in [0.05, 0.1) is 0 Å². The molecule has 0 spiro atoms. The quantitative estimate of drug-likeness (QED) is 0.277. The predicted octanol–water partition coefficient (Wildman–Crippen LogP) is 9.04. The fourth-order valence-corrected chi connectivity index (χ4v) is 4.16. The van der Waals surface area contributed by atoms with Gasteiger partial charge < -0.3 is 0 Å². The van der Waals surface area contributed by atoms with Gasteiger partial charge in [-0.15, -0.1) is 0 Å². The molecule has 0 heterocycles. The van der Waals surface area contributed by atoms with Crippen molar-refractivity contribution in [1.29, 1.82) is 0 Å². The van der Waals surface area contributed by atoms with E-state index in [0.717, 1.165) is 24.8 Å². The lowest BCUT2D eigenvalue weighted by molar-refractivity contribution is -0.443. The van der Waals surface area contributed by atoms with E-state index in [-0.39, 0.29) is 12.8 Å². The highest BCUT2D eigenvalue weighted by Crippen LogP contribution is 2.62. The molecule has 13 heteroatoms. The van der Waals surface area contributed by atoms with Crippen molar-refractivity contribution in [2.45, 2.75) is 93.6 Å². The lowest BCUT2D eigenvalue weighted by atomic mass is 9.74. The number of hydrogen-bond donors (Lipinski definition) is 0. The summed E-state index contributed by atoms with van der Waals surface area (Å²) in [6, 6.07) is 6.94. The van der Waals surface area contributed by atoms with Crippen LogP contribution in [0.3, 0.4) is 0 Å². The molecule has 0 radical (unpaired) electrons. The predicted molar refractivity (Wildman–Crippen MR) is 101 cm³/mol. The Morgan fingerprint density at radius 1 is 0.629 bits per heavy atom. The summed E-state index contributed by atoms with van der Waals surface area (Å²) < 4.78 is 174. The summed E-state index contributed by atoms with van der Waals surface area (Å²) in [5, 5.41) is 0. The van der Waals surface area contributed by atoms with E-state index in [0.29, 0.717) is 5.56 Å². The maximum Gasteiger partial charge on any atom is 0.460 e. The zero-order chi connectivity index (χ0) is 27.1. The number of halogens is 13. The molecule has 0 amide bonds. The van der Waals surface area contributed by atoms with Gasteiger partial charge in [0.25, 0.3) is 0 Å². The molecule has 35 heavy (non-hydrogen) atoms. The number of unbranched alkanes of at least 4 members (excludes halogenated alkanes) is 1. The lowest BCUT2D eigenvalue weighted by Gasteiger charge is -2.43. The smallest absolute Gasteiger partial charge is 0.199 e. The van der Waals surface area contributed by atoms with Crippen LogP contribution in [0, 0.1) is 5.92 Å². The molecule has 1 aromatic carbocycles. The Bertz CT molecular complexity index is 832. The molecule has 0 atom stereocenters. The number of alkyl halides is 13. The highest BCUT2D eigenvalue weighted by atomic mass is 19.4. The van der Waals surface area contributed by atoms with Crippen LogP contribution in [0.2, 0.25) is 0 Å². The summed E-state index contributed by atoms with van der Waals surface area (Å²) in [4.78, 5) is 0. The maximum absolute atomic E-state index is 14.4. The van der Waals surface area contributed by atoms with Gasteiger partial charge in [-0.3, -0.25) is 0 Å². The van der Waals surface area contributed by atoms with Gasteiger partial charge in [0, 0.05) is 5.92 Å². The van der Waals surface area contributed by atoms with Gasteiger partial charge in [-0.1, -0.05) is 37.6 Å². The Balaban J connectivity index is 2.21. The molecule has 1 fully saturated rings. The second-order valence-electron chi connectivity index (χ2n) is 8.81. The zero-order valence-electron chi connectivity index (χ0n) is 18.3. The van der Waals surface area contributed by atoms with Crippen molar-refractivity contribution < 1.29 is 57.1 Å². The number of aryl methyl sites for hydroxylation is 1. The Kier molecular flexibility index (Phi) is 8.14. The summed E-state index contributed by atoms with van der Waals surface area (Å²) >= 11 is 0. The van der Waals surface area contributed by atoms with Crippen LogP contribution >= 0.6 is 0 Å². The van der Waals surface area contributed by atoms with Gasteiger partial charge in [-0.25, -0.2) is 0 Å². The summed E-state index contributed by atoms with van der Waals surface area (Å²) in [5.74, 6) is -39.5. The molecule has 0 bridgehead atoms. The van der Waals surface area contributed by atoms with Crippen molar-refractivity contribution >= 4 is 0 Å². The van der Waals surface area contributed by atoms with Gasteiger partial charge in [0.15, 0.2) is 0 Å². The highest BCUT2D eigenvalue weighted by molar-refractivity contribution is 5.26. The van der Waals surface area contributed by atoms with Crippen LogP contribution in [-0.2, 0) is 6.42 Å². The average molecular weight is 534 g/mol. The minimum absolute atomic E-state index is 0.231. The first-order chi connectivity index (χ1) is 15.8. The van der Waals surface area contributed by atoms with Crippen LogP contribution in [0.25, 0.3) is 0 Å². The van der Waals surface area contributed by atoms with E-state index >= 15 is 0 Å². The minimum Gasteiger partial charge on any atom is -0.199 e. The molecule has 202 valence electrons. The zero-order valence-corrected chi connectivity index (χ0v) is 18.3. The van der Waals surface area contributed by atoms with E-state index in [4.69, 9.17) is 0 Å². The topological polar surface area (TPSA) is 0 Å². The normalized spacial score (nSPS) is 21.3. The Morgan fingerprint density at radius 3 is 1.51 bits per heavy atom. The monoisotopic (exact) mass is 534 g/mol. The van der Waals surface area contributed by atoms with E-state index < -0.39 is 60.5 Å². The lowest BCUT2D eigenvalue weighted by Crippen LogP contribution is -2.71. The molecule has 0 N–H and O–H groups in total. The molecule has 2 rings (SSSR count). The van der Waals surface area contributed by atoms with Crippen LogP contribution in [-0.4, -0.2) is 35.8 Å². The van der Waals surface area contributed by atoms with Crippen molar-refractivity contribution in [3.05, 3.63) is 35.4 Å². The Morgan fingerprint density at radius 2 is 1.09 bits per heavy atom. The third-order valence-electron chi connectivity index (χ3n) is 6.47. The van der Waals surface area contributed by atoms with Crippen LogP contribution in [0.4, 0.5) is 57.1 Å². The summed E-state index contributed by atoms with van der Waals surface area (Å²) in [5.41, 5.74) is 1.65. The average Bonchev–Trinajstić information content (AvgIpc) is 2.76. The molecule has 1 saturated carbocycles. The van der Waals surface area contributed by atoms with Crippen LogP contribution in [0.15, 0.2) is 24.3 Å². The summed E-state index contributed by atoms with van der Waals surface area (Å²) in [7, 11) is 0. The largest absolute Gasteiger partial charge is 0.460 e. The van der Waals surface area contributed by atoms with Crippen molar-refractivity contribution in [2.75, 3.05) is 0 Å². The van der Waals surface area contributed by atoms with Gasteiger partial charge in [0.1, 0.15) is 0 Å². The molecule has 0 aliphatic heterocycles. The third kappa shape index (κ3) is 4.97. The molecule has 0 saturated heterocycles. The van der Waals surface area contributed by atoms with Crippen molar-refractivity contribution in [2.24, 2.45) is 5.92 Å². The number of rotatable bonds is 9. The van der Waals surface area contributed by atoms with Gasteiger partial charge in [0.2, 0.25) is 0 Å². The Labute approximate surface area is 192 Å². The molecule has 1 aliphatic carbocycles. The van der Waals surface area contributed by atoms with Gasteiger partial charge >= 0.3 is 35.8 Å². The first-order valence-electron chi connectivity index (χ1n) is 10.8. The first kappa shape index (κ1) is 29.5. The van der Waals surface area contributed by atoms with E-state index in [1.54, 1.807) is 24.3 Å². The number of hydrogen-bond acceptors (Lipinski definition) is 0. The highest BCUT2D eigenvalue weighted by Gasteiger charge is 2.91. The van der Waals surface area contributed by atoms with E-state index in [9.17, 15) is 57.1 Å². The standard InChI is InChI=1S/C22H23F13/c1-2-3-4-13-5-7-14(8-6-13)15-9-11-16(12-10-15)17(23,24)18(25,26)19(27,28)20(29,30)21(31,32)22(33,34)35/h5-8,15-16H,2-4,9-12H2,1H3/t15-,16-. The van der Waals surface area contributed by atoms with Crippen molar-refractivity contribution in [3.63, 3.8) is 0 Å². The molecule has 1 aromatic rings. The second kappa shape index (κ2) is 9.64. The van der Waals surface area contributed by atoms with Crippen LogP contribution in [0.1, 0.15) is 62.5 Å². The fraction of sp³-hybridized carbons (Fsp3) is 0.727. The summed E-state index contributed by atoms with van der Waals surface area (Å²) in [6.07, 6.45) is -6.91. The van der Waals surface area contributed by atoms with Crippen molar-refractivity contribution in [1.82, 2.24) is 0 Å². The molecule has 0 unspecified atom stereocenters. The van der Waals surface area contributed by atoms with Crippen LogP contribution in [0.5, 0.6) is 0 Å². The summed E-state index contributed by atoms with van der Waals surface area (Å²) in [6.45, 7) is 1.99. The molecule has 1 aliphatic rings. The number of benzene rings is 1. The van der Waals surface area contributed by atoms with Gasteiger partial charge in [-0.2, -0.15) is 57.1 Å². The van der Waals surface area contributed by atoms with E-state index in [1.165, 1.54) is 0 Å². The van der Waals surface area contributed by atoms with E-state index in [2.05, 4.69) is 0 Å². The molecular weight excluding hydrogens is 511 g/mol. The molecule has 0 nitrogen and oxygen atoms in total. The SMILES string of the molecule is CCCCc1ccc([C@H]2CC[C@H](C(F)(F)C(F)(F)C(F)(F)C(F)(F)C(F)(F)C(F)(F)F)CC2)cc1. The molecular formula is C22H23F13. The first-order valence-corrected chi connectivity index (χ1v) is 10.8. The third-order valence-corrected chi connectivity index (χ3v) is 6.47. The maximum atomic E-state index is 14.4.